The van der Waals surface area contributed by atoms with Crippen molar-refractivity contribution in [3.05, 3.63) is 18.6 Å². The van der Waals surface area contributed by atoms with Crippen LogP contribution in [0, 0.1) is 0 Å². The molecule has 7 heteroatoms. The molecule has 0 saturated carbocycles. The lowest BCUT2D eigenvalue weighted by Crippen LogP contribution is -1.94. The Kier molecular flexibility index (Phi) is 1.67. The fraction of sp³-hybridized carbons (Fsp3) is 0.111. The highest BCUT2D eigenvalue weighted by molar-refractivity contribution is 5.83. The predicted octanol–water partition coefficient (Wildman–Crippen LogP) is 0.336. The number of rotatable bonds is 1. The molecule has 3 aromatic rings. The lowest BCUT2D eigenvalue weighted by molar-refractivity contribution is 0.771. The van der Waals surface area contributed by atoms with Gasteiger partial charge in [0.15, 0.2) is 17.3 Å². The van der Waals surface area contributed by atoms with Crippen LogP contribution in [-0.4, -0.2) is 29.7 Å². The summed E-state index contributed by atoms with van der Waals surface area (Å²) in [5.41, 5.74) is 7.80. The maximum atomic E-state index is 5.72. The van der Waals surface area contributed by atoms with Crippen molar-refractivity contribution in [3.8, 4) is 11.5 Å². The van der Waals surface area contributed by atoms with Crippen LogP contribution in [0.4, 0.5) is 5.82 Å². The number of fused-ring (bicyclic) bond motifs is 1. The van der Waals surface area contributed by atoms with E-state index in [9.17, 15) is 0 Å². The highest BCUT2D eigenvalue weighted by Gasteiger charge is 2.11. The summed E-state index contributed by atoms with van der Waals surface area (Å²) in [6.07, 6.45) is 3.10. The molecule has 16 heavy (non-hydrogen) atoms. The van der Waals surface area contributed by atoms with E-state index in [1.165, 1.54) is 6.33 Å². The average molecular weight is 215 g/mol. The number of nitrogens with two attached hydrogens (primary N) is 1. The number of aromatic nitrogens is 6. The SMILES string of the molecule is Cn1nccc1-c1nc2ncnc(N)c2[nH]1. The van der Waals surface area contributed by atoms with Crippen molar-refractivity contribution in [2.45, 2.75) is 0 Å². The van der Waals surface area contributed by atoms with Gasteiger partial charge in [0, 0.05) is 13.2 Å². The van der Waals surface area contributed by atoms with Crippen molar-refractivity contribution >= 4 is 17.0 Å². The second-order valence-corrected chi connectivity index (χ2v) is 3.38. The van der Waals surface area contributed by atoms with E-state index in [1.807, 2.05) is 13.1 Å². The Morgan fingerprint density at radius 1 is 1.38 bits per heavy atom. The quantitative estimate of drug-likeness (QED) is 0.609. The third-order valence-corrected chi connectivity index (χ3v) is 2.38. The molecule has 0 radical (unpaired) electrons. The third-order valence-electron chi connectivity index (χ3n) is 2.38. The summed E-state index contributed by atoms with van der Waals surface area (Å²) in [4.78, 5) is 15.4. The Morgan fingerprint density at radius 3 is 2.94 bits per heavy atom. The number of hydrogen-bond acceptors (Lipinski definition) is 5. The molecule has 0 aliphatic heterocycles. The van der Waals surface area contributed by atoms with Crippen LogP contribution in [0.2, 0.25) is 0 Å². The topological polar surface area (TPSA) is 98.3 Å². The molecule has 0 aliphatic carbocycles. The first-order valence-corrected chi connectivity index (χ1v) is 4.70. The van der Waals surface area contributed by atoms with Crippen LogP contribution in [0.15, 0.2) is 18.6 Å². The minimum Gasteiger partial charge on any atom is -0.382 e. The van der Waals surface area contributed by atoms with Crippen molar-refractivity contribution in [2.75, 3.05) is 5.73 Å². The highest BCUT2D eigenvalue weighted by atomic mass is 15.3. The molecule has 0 amide bonds. The van der Waals surface area contributed by atoms with Gasteiger partial charge in [0.05, 0.1) is 0 Å². The van der Waals surface area contributed by atoms with Crippen molar-refractivity contribution in [2.24, 2.45) is 7.05 Å². The summed E-state index contributed by atoms with van der Waals surface area (Å²) in [5.74, 6) is 1.08. The summed E-state index contributed by atoms with van der Waals surface area (Å²) >= 11 is 0. The van der Waals surface area contributed by atoms with Gasteiger partial charge in [-0.15, -0.1) is 0 Å². The second kappa shape index (κ2) is 3.02. The maximum absolute atomic E-state index is 5.72. The number of aryl methyl sites for hydroxylation is 1. The van der Waals surface area contributed by atoms with E-state index in [2.05, 4.69) is 25.0 Å². The Balaban J connectivity index is 2.27. The van der Waals surface area contributed by atoms with Crippen LogP contribution >= 0.6 is 0 Å². The third kappa shape index (κ3) is 1.14. The van der Waals surface area contributed by atoms with Crippen LogP contribution in [0.5, 0.6) is 0 Å². The molecule has 0 bridgehead atoms. The van der Waals surface area contributed by atoms with Gasteiger partial charge >= 0.3 is 0 Å². The number of aromatic amines is 1. The molecule has 0 saturated heterocycles. The summed E-state index contributed by atoms with van der Waals surface area (Å²) in [6, 6.07) is 1.86. The van der Waals surface area contributed by atoms with E-state index >= 15 is 0 Å². The summed E-state index contributed by atoms with van der Waals surface area (Å²) in [6.45, 7) is 0. The minimum absolute atomic E-state index is 0.394. The molecule has 0 fully saturated rings. The largest absolute Gasteiger partial charge is 0.382 e. The summed E-state index contributed by atoms with van der Waals surface area (Å²) in [5, 5.41) is 4.07. The van der Waals surface area contributed by atoms with E-state index < -0.39 is 0 Å². The molecule has 0 atom stereocenters. The first-order valence-electron chi connectivity index (χ1n) is 4.70. The van der Waals surface area contributed by atoms with Gasteiger partial charge < -0.3 is 10.7 Å². The fourth-order valence-electron chi connectivity index (χ4n) is 1.57. The van der Waals surface area contributed by atoms with Gasteiger partial charge in [-0.2, -0.15) is 5.10 Å². The van der Waals surface area contributed by atoms with Gasteiger partial charge in [-0.3, -0.25) is 4.68 Å². The monoisotopic (exact) mass is 215 g/mol. The van der Waals surface area contributed by atoms with Crippen molar-refractivity contribution < 1.29 is 0 Å². The van der Waals surface area contributed by atoms with Gasteiger partial charge in [0.25, 0.3) is 0 Å². The molecule has 3 aromatic heterocycles. The highest BCUT2D eigenvalue weighted by Crippen LogP contribution is 2.20. The second-order valence-electron chi connectivity index (χ2n) is 3.38. The fourth-order valence-corrected chi connectivity index (χ4v) is 1.57. The Hall–Kier alpha value is -2.44. The number of anilines is 1. The Bertz CT molecular complexity index is 651. The standard InChI is InChI=1S/C9H9N7/c1-16-5(2-3-13-16)8-14-6-7(10)11-4-12-9(6)15-8/h2-4H,1H3,(H3,10,11,12,14,15). The van der Waals surface area contributed by atoms with E-state index in [0.29, 0.717) is 22.8 Å². The first kappa shape index (κ1) is 8.84. The van der Waals surface area contributed by atoms with Gasteiger partial charge in [-0.25, -0.2) is 15.0 Å². The zero-order valence-electron chi connectivity index (χ0n) is 8.55. The molecule has 0 spiro atoms. The Labute approximate surface area is 90.4 Å². The summed E-state index contributed by atoms with van der Waals surface area (Å²) in [7, 11) is 1.84. The zero-order valence-corrected chi connectivity index (χ0v) is 8.55. The van der Waals surface area contributed by atoms with E-state index in [4.69, 9.17) is 5.73 Å². The molecular weight excluding hydrogens is 206 g/mol. The van der Waals surface area contributed by atoms with Gasteiger partial charge in [0.2, 0.25) is 0 Å². The molecule has 3 heterocycles. The smallest absolute Gasteiger partial charge is 0.183 e. The number of nitrogen functional groups attached to an aromatic ring is 1. The molecular formula is C9H9N7. The minimum atomic E-state index is 0.394. The van der Waals surface area contributed by atoms with Gasteiger partial charge in [-0.1, -0.05) is 0 Å². The lowest BCUT2D eigenvalue weighted by Gasteiger charge is -1.95. The number of nitrogens with zero attached hydrogens (tertiary/aromatic N) is 5. The Morgan fingerprint density at radius 2 is 2.25 bits per heavy atom. The van der Waals surface area contributed by atoms with Crippen LogP contribution in [0.3, 0.4) is 0 Å². The maximum Gasteiger partial charge on any atom is 0.183 e. The lowest BCUT2D eigenvalue weighted by atomic mass is 10.4. The number of H-pyrrole nitrogens is 1. The van der Waals surface area contributed by atoms with Gasteiger partial charge in [0.1, 0.15) is 17.5 Å². The van der Waals surface area contributed by atoms with Crippen LogP contribution in [-0.2, 0) is 7.05 Å². The van der Waals surface area contributed by atoms with E-state index in [0.717, 1.165) is 5.69 Å². The average Bonchev–Trinajstić information content (AvgIpc) is 2.84. The predicted molar refractivity (Wildman–Crippen MR) is 58.3 cm³/mol. The number of imidazole rings is 1. The van der Waals surface area contributed by atoms with Gasteiger partial charge in [-0.05, 0) is 6.07 Å². The zero-order chi connectivity index (χ0) is 11.1. The van der Waals surface area contributed by atoms with Crippen LogP contribution in [0.25, 0.3) is 22.7 Å². The molecule has 80 valence electrons. The summed E-state index contributed by atoms with van der Waals surface area (Å²) < 4.78 is 1.72. The van der Waals surface area contributed by atoms with Crippen LogP contribution < -0.4 is 5.73 Å². The van der Waals surface area contributed by atoms with Crippen molar-refractivity contribution in [3.63, 3.8) is 0 Å². The number of hydrogen-bond donors (Lipinski definition) is 2. The molecule has 0 unspecified atom stereocenters. The first-order chi connectivity index (χ1) is 7.75. The van der Waals surface area contributed by atoms with Crippen LogP contribution in [0.1, 0.15) is 0 Å². The van der Waals surface area contributed by atoms with Crippen molar-refractivity contribution in [1.29, 1.82) is 0 Å². The van der Waals surface area contributed by atoms with Crippen molar-refractivity contribution in [1.82, 2.24) is 29.7 Å². The van der Waals surface area contributed by atoms with E-state index in [-0.39, 0.29) is 0 Å². The molecule has 0 aromatic carbocycles. The molecule has 0 aliphatic rings. The number of nitrogens with one attached hydrogen (secondary N) is 1. The molecule has 3 rings (SSSR count). The normalized spacial score (nSPS) is 11.1. The molecule has 3 N–H and O–H groups in total. The molecule has 7 nitrogen and oxygen atoms in total. The van der Waals surface area contributed by atoms with E-state index in [1.54, 1.807) is 10.9 Å².